The Kier molecular flexibility index (Phi) is 5.15. The molecule has 0 unspecified atom stereocenters. The quantitative estimate of drug-likeness (QED) is 0.823. The molecule has 0 heterocycles. The van der Waals surface area contributed by atoms with Crippen molar-refractivity contribution in [3.63, 3.8) is 0 Å². The first-order valence-electron chi connectivity index (χ1n) is 6.97. The van der Waals surface area contributed by atoms with Gasteiger partial charge in [-0.25, -0.2) is 8.42 Å². The van der Waals surface area contributed by atoms with Gasteiger partial charge in [-0.3, -0.25) is 0 Å². The fraction of sp³-hybridized carbons (Fsp3) is 0.294. The third-order valence-corrected chi connectivity index (χ3v) is 5.40. The van der Waals surface area contributed by atoms with Crippen LogP contribution in [0.2, 0.25) is 0 Å². The smallest absolute Gasteiger partial charge is 0.162 e. The Hall–Kier alpha value is -1.65. The highest BCUT2D eigenvalue weighted by Gasteiger charge is 2.28. The molecular weight excluding hydrogens is 282 g/mol. The zero-order valence-electron chi connectivity index (χ0n) is 12.4. The van der Waals surface area contributed by atoms with Crippen molar-refractivity contribution in [1.29, 1.82) is 0 Å². The maximum atomic E-state index is 12.8. The number of hydrogen-bond donors (Lipinski definition) is 0. The van der Waals surface area contributed by atoms with E-state index in [1.807, 2.05) is 79.7 Å². The van der Waals surface area contributed by atoms with Crippen LogP contribution in [0.4, 0.5) is 0 Å². The van der Waals surface area contributed by atoms with Crippen molar-refractivity contribution < 1.29 is 8.42 Å². The van der Waals surface area contributed by atoms with E-state index in [1.54, 1.807) is 0 Å². The second-order valence-electron chi connectivity index (χ2n) is 5.37. The standard InChI is InChI=1S/C17H21NO2S/c1-18(2)13-14-21(19,20)17(15-9-5-3-6-10-15)16-11-7-4-8-12-16/h3-12,17H,13-14H2,1-2H3. The van der Waals surface area contributed by atoms with Gasteiger partial charge in [0.25, 0.3) is 0 Å². The summed E-state index contributed by atoms with van der Waals surface area (Å²) >= 11 is 0. The largest absolute Gasteiger partial charge is 0.308 e. The van der Waals surface area contributed by atoms with Crippen LogP contribution >= 0.6 is 0 Å². The summed E-state index contributed by atoms with van der Waals surface area (Å²) in [5.41, 5.74) is 1.64. The third kappa shape index (κ3) is 4.16. The minimum absolute atomic E-state index is 0.147. The Bertz CT molecular complexity index is 612. The van der Waals surface area contributed by atoms with E-state index in [0.717, 1.165) is 11.1 Å². The van der Waals surface area contributed by atoms with E-state index >= 15 is 0 Å². The maximum absolute atomic E-state index is 12.8. The Morgan fingerprint density at radius 2 is 1.29 bits per heavy atom. The third-order valence-electron chi connectivity index (χ3n) is 3.39. The van der Waals surface area contributed by atoms with Gasteiger partial charge in [-0.05, 0) is 25.2 Å². The molecule has 0 N–H and O–H groups in total. The first-order chi connectivity index (χ1) is 10.0. The van der Waals surface area contributed by atoms with Crippen molar-refractivity contribution in [2.75, 3.05) is 26.4 Å². The summed E-state index contributed by atoms with van der Waals surface area (Å²) in [5.74, 6) is 0.147. The molecule has 0 aromatic heterocycles. The summed E-state index contributed by atoms with van der Waals surface area (Å²) in [6, 6.07) is 18.8. The van der Waals surface area contributed by atoms with Crippen molar-refractivity contribution >= 4 is 9.84 Å². The Balaban J connectivity index is 2.42. The SMILES string of the molecule is CN(C)CCS(=O)(=O)C(c1ccccc1)c1ccccc1. The molecule has 4 heteroatoms. The van der Waals surface area contributed by atoms with E-state index in [2.05, 4.69) is 0 Å². The van der Waals surface area contributed by atoms with Crippen LogP contribution in [0.15, 0.2) is 60.7 Å². The molecule has 21 heavy (non-hydrogen) atoms. The fourth-order valence-electron chi connectivity index (χ4n) is 2.29. The number of nitrogens with zero attached hydrogens (tertiary/aromatic N) is 1. The lowest BCUT2D eigenvalue weighted by Gasteiger charge is -2.20. The predicted octanol–water partition coefficient (Wildman–Crippen LogP) is 2.75. The summed E-state index contributed by atoms with van der Waals surface area (Å²) in [5, 5.41) is -0.597. The lowest BCUT2D eigenvalue weighted by Crippen LogP contribution is -2.26. The molecule has 2 aromatic rings. The predicted molar refractivity (Wildman–Crippen MR) is 87.1 cm³/mol. The summed E-state index contributed by atoms with van der Waals surface area (Å²) in [6.45, 7) is 0.526. The number of sulfone groups is 1. The van der Waals surface area contributed by atoms with Crippen LogP contribution < -0.4 is 0 Å². The van der Waals surface area contributed by atoms with E-state index in [1.165, 1.54) is 0 Å². The Morgan fingerprint density at radius 3 is 1.67 bits per heavy atom. The van der Waals surface area contributed by atoms with E-state index in [0.29, 0.717) is 6.54 Å². The average Bonchev–Trinajstić information content (AvgIpc) is 2.47. The van der Waals surface area contributed by atoms with Crippen LogP contribution in [0.1, 0.15) is 16.4 Å². The van der Waals surface area contributed by atoms with Crippen LogP contribution in [0, 0.1) is 0 Å². The molecule has 2 rings (SSSR count). The zero-order valence-corrected chi connectivity index (χ0v) is 13.3. The monoisotopic (exact) mass is 303 g/mol. The lowest BCUT2D eigenvalue weighted by molar-refractivity contribution is 0.431. The molecule has 0 saturated carbocycles. The maximum Gasteiger partial charge on any atom is 0.162 e. The molecule has 0 bridgehead atoms. The molecule has 0 radical (unpaired) electrons. The highest BCUT2D eigenvalue weighted by molar-refractivity contribution is 7.91. The van der Waals surface area contributed by atoms with Crippen LogP contribution in [-0.4, -0.2) is 39.7 Å². The second-order valence-corrected chi connectivity index (χ2v) is 7.58. The molecule has 112 valence electrons. The van der Waals surface area contributed by atoms with E-state index in [4.69, 9.17) is 0 Å². The van der Waals surface area contributed by atoms with Gasteiger partial charge in [0, 0.05) is 6.54 Å². The molecule has 3 nitrogen and oxygen atoms in total. The highest BCUT2D eigenvalue weighted by Crippen LogP contribution is 2.30. The average molecular weight is 303 g/mol. The minimum atomic E-state index is -3.27. The van der Waals surface area contributed by atoms with Gasteiger partial charge < -0.3 is 4.90 Å². The topological polar surface area (TPSA) is 37.4 Å². The van der Waals surface area contributed by atoms with Gasteiger partial charge in [0.1, 0.15) is 5.25 Å². The first kappa shape index (κ1) is 15.7. The van der Waals surface area contributed by atoms with Crippen molar-refractivity contribution in [3.05, 3.63) is 71.8 Å². The van der Waals surface area contributed by atoms with Gasteiger partial charge in [0.2, 0.25) is 0 Å². The second kappa shape index (κ2) is 6.87. The van der Waals surface area contributed by atoms with Gasteiger partial charge in [-0.2, -0.15) is 0 Å². The van der Waals surface area contributed by atoms with E-state index < -0.39 is 15.1 Å². The van der Waals surface area contributed by atoms with Crippen LogP contribution in [0.5, 0.6) is 0 Å². The van der Waals surface area contributed by atoms with Crippen molar-refractivity contribution in [1.82, 2.24) is 4.90 Å². The van der Waals surface area contributed by atoms with Crippen molar-refractivity contribution in [2.24, 2.45) is 0 Å². The molecule has 0 fully saturated rings. The van der Waals surface area contributed by atoms with Crippen molar-refractivity contribution in [2.45, 2.75) is 5.25 Å². The molecule has 0 aliphatic carbocycles. The molecule has 0 amide bonds. The van der Waals surface area contributed by atoms with Gasteiger partial charge in [0.05, 0.1) is 5.75 Å². The molecule has 0 aliphatic rings. The molecule has 0 saturated heterocycles. The Morgan fingerprint density at radius 1 is 0.857 bits per heavy atom. The minimum Gasteiger partial charge on any atom is -0.308 e. The van der Waals surface area contributed by atoms with Gasteiger partial charge >= 0.3 is 0 Å². The normalized spacial score (nSPS) is 12.0. The summed E-state index contributed by atoms with van der Waals surface area (Å²) in [7, 11) is 0.504. The molecule has 0 aliphatic heterocycles. The van der Waals surface area contributed by atoms with Crippen LogP contribution in [0.3, 0.4) is 0 Å². The van der Waals surface area contributed by atoms with Gasteiger partial charge in [-0.1, -0.05) is 60.7 Å². The fourth-order valence-corrected chi connectivity index (χ4v) is 4.29. The van der Waals surface area contributed by atoms with E-state index in [9.17, 15) is 8.42 Å². The van der Waals surface area contributed by atoms with Gasteiger partial charge in [-0.15, -0.1) is 0 Å². The number of rotatable bonds is 6. The Labute approximate surface area is 127 Å². The summed E-state index contributed by atoms with van der Waals surface area (Å²) in [6.07, 6.45) is 0. The number of hydrogen-bond acceptors (Lipinski definition) is 3. The van der Waals surface area contributed by atoms with Crippen LogP contribution in [0.25, 0.3) is 0 Å². The van der Waals surface area contributed by atoms with Crippen LogP contribution in [-0.2, 0) is 9.84 Å². The number of benzene rings is 2. The zero-order chi connectivity index (χ0) is 15.3. The molecule has 0 spiro atoms. The van der Waals surface area contributed by atoms with Gasteiger partial charge in [0.15, 0.2) is 9.84 Å². The molecule has 2 aromatic carbocycles. The lowest BCUT2D eigenvalue weighted by atomic mass is 10.0. The summed E-state index contributed by atoms with van der Waals surface area (Å²) < 4.78 is 25.6. The van der Waals surface area contributed by atoms with E-state index in [-0.39, 0.29) is 5.75 Å². The highest BCUT2D eigenvalue weighted by atomic mass is 32.2. The summed E-state index contributed by atoms with van der Waals surface area (Å²) in [4.78, 5) is 1.89. The molecule has 0 atom stereocenters. The first-order valence-corrected chi connectivity index (χ1v) is 8.68. The molecular formula is C17H21NO2S. The van der Waals surface area contributed by atoms with Crippen molar-refractivity contribution in [3.8, 4) is 0 Å².